The molecular weight excluding hydrogens is 304 g/mol. The standard InChI is InChI=1S/C19H24N2O3/c1-15-7-3-5-9-17(15)24-14-13-21-19(22)20-12-11-16-8-4-6-10-18(16)23-2/h3-10H,11-14H2,1-2H3,(H2,20,21,22). The van der Waals surface area contributed by atoms with Crippen LogP contribution in [-0.2, 0) is 6.42 Å². The number of rotatable bonds is 8. The lowest BCUT2D eigenvalue weighted by Crippen LogP contribution is -2.38. The number of hydrogen-bond donors (Lipinski definition) is 2. The molecule has 0 atom stereocenters. The predicted molar refractivity (Wildman–Crippen MR) is 94.8 cm³/mol. The maximum Gasteiger partial charge on any atom is 0.314 e. The van der Waals surface area contributed by atoms with Crippen molar-refractivity contribution in [3.05, 3.63) is 59.7 Å². The molecule has 0 saturated heterocycles. The molecule has 0 aromatic heterocycles. The van der Waals surface area contributed by atoms with Crippen molar-refractivity contribution in [2.24, 2.45) is 0 Å². The fraction of sp³-hybridized carbons (Fsp3) is 0.316. The van der Waals surface area contributed by atoms with Gasteiger partial charge < -0.3 is 20.1 Å². The maximum absolute atomic E-state index is 11.8. The molecule has 0 bridgehead atoms. The van der Waals surface area contributed by atoms with Gasteiger partial charge >= 0.3 is 6.03 Å². The van der Waals surface area contributed by atoms with Crippen LogP contribution in [0.1, 0.15) is 11.1 Å². The molecule has 0 unspecified atom stereocenters. The summed E-state index contributed by atoms with van der Waals surface area (Å²) in [7, 11) is 1.65. The molecule has 2 rings (SSSR count). The second-order valence-corrected chi connectivity index (χ2v) is 5.36. The van der Waals surface area contributed by atoms with Crippen LogP contribution in [0, 0.1) is 6.92 Å². The number of aryl methyl sites for hydroxylation is 1. The number of para-hydroxylation sites is 2. The lowest BCUT2D eigenvalue weighted by atomic mass is 10.1. The molecular formula is C19H24N2O3. The SMILES string of the molecule is COc1ccccc1CCNC(=O)NCCOc1ccccc1C. The normalized spacial score (nSPS) is 10.1. The molecule has 24 heavy (non-hydrogen) atoms. The molecule has 0 radical (unpaired) electrons. The molecule has 0 aliphatic carbocycles. The van der Waals surface area contributed by atoms with E-state index in [1.807, 2.05) is 55.5 Å². The first-order chi connectivity index (χ1) is 11.7. The van der Waals surface area contributed by atoms with Crippen molar-refractivity contribution >= 4 is 6.03 Å². The van der Waals surface area contributed by atoms with Crippen molar-refractivity contribution in [3.63, 3.8) is 0 Å². The zero-order valence-electron chi connectivity index (χ0n) is 14.2. The van der Waals surface area contributed by atoms with Crippen molar-refractivity contribution in [2.75, 3.05) is 26.8 Å². The molecule has 2 aromatic carbocycles. The van der Waals surface area contributed by atoms with E-state index in [1.54, 1.807) is 7.11 Å². The average molecular weight is 328 g/mol. The van der Waals surface area contributed by atoms with E-state index in [0.717, 1.165) is 29.0 Å². The van der Waals surface area contributed by atoms with Crippen molar-refractivity contribution in [1.82, 2.24) is 10.6 Å². The lowest BCUT2D eigenvalue weighted by molar-refractivity contribution is 0.236. The van der Waals surface area contributed by atoms with Gasteiger partial charge in [-0.3, -0.25) is 0 Å². The number of urea groups is 1. The van der Waals surface area contributed by atoms with E-state index in [9.17, 15) is 4.79 Å². The molecule has 0 heterocycles. The van der Waals surface area contributed by atoms with Gasteiger partial charge in [0.15, 0.2) is 0 Å². The summed E-state index contributed by atoms with van der Waals surface area (Å²) in [5.74, 6) is 1.68. The van der Waals surface area contributed by atoms with E-state index < -0.39 is 0 Å². The zero-order chi connectivity index (χ0) is 17.2. The molecule has 0 saturated carbocycles. The zero-order valence-corrected chi connectivity index (χ0v) is 14.2. The number of nitrogens with one attached hydrogen (secondary N) is 2. The van der Waals surface area contributed by atoms with Crippen LogP contribution in [0.5, 0.6) is 11.5 Å². The minimum atomic E-state index is -0.196. The quantitative estimate of drug-likeness (QED) is 0.733. The van der Waals surface area contributed by atoms with Gasteiger partial charge in [-0.1, -0.05) is 36.4 Å². The Morgan fingerprint density at radius 3 is 2.38 bits per heavy atom. The van der Waals surface area contributed by atoms with Gasteiger partial charge in [0.2, 0.25) is 0 Å². The highest BCUT2D eigenvalue weighted by atomic mass is 16.5. The highest BCUT2D eigenvalue weighted by Gasteiger charge is 2.04. The van der Waals surface area contributed by atoms with E-state index in [4.69, 9.17) is 9.47 Å². The summed E-state index contributed by atoms with van der Waals surface area (Å²) >= 11 is 0. The molecule has 0 spiro atoms. The Kier molecular flexibility index (Phi) is 6.95. The summed E-state index contributed by atoms with van der Waals surface area (Å²) < 4.78 is 10.9. The van der Waals surface area contributed by atoms with Gasteiger partial charge in [0, 0.05) is 6.54 Å². The summed E-state index contributed by atoms with van der Waals surface area (Å²) in [6, 6.07) is 15.4. The Hall–Kier alpha value is -2.69. The van der Waals surface area contributed by atoms with Crippen LogP contribution in [0.2, 0.25) is 0 Å². The number of hydrogen-bond acceptors (Lipinski definition) is 3. The van der Waals surface area contributed by atoms with Crippen molar-refractivity contribution in [3.8, 4) is 11.5 Å². The number of ether oxygens (including phenoxy) is 2. The van der Waals surface area contributed by atoms with Gasteiger partial charge in [0.05, 0.1) is 13.7 Å². The minimum absolute atomic E-state index is 0.196. The summed E-state index contributed by atoms with van der Waals surface area (Å²) in [5, 5.41) is 5.61. The first-order valence-corrected chi connectivity index (χ1v) is 8.02. The van der Waals surface area contributed by atoms with E-state index in [2.05, 4.69) is 10.6 Å². The molecule has 5 nitrogen and oxygen atoms in total. The third-order valence-corrected chi connectivity index (χ3v) is 3.61. The maximum atomic E-state index is 11.8. The van der Waals surface area contributed by atoms with E-state index >= 15 is 0 Å². The van der Waals surface area contributed by atoms with Crippen LogP contribution in [-0.4, -0.2) is 32.8 Å². The van der Waals surface area contributed by atoms with Crippen molar-refractivity contribution in [2.45, 2.75) is 13.3 Å². The molecule has 2 amide bonds. The van der Waals surface area contributed by atoms with Crippen LogP contribution < -0.4 is 20.1 Å². The van der Waals surface area contributed by atoms with E-state index in [0.29, 0.717) is 19.7 Å². The topological polar surface area (TPSA) is 59.6 Å². The third kappa shape index (κ3) is 5.50. The smallest absolute Gasteiger partial charge is 0.314 e. The van der Waals surface area contributed by atoms with Gasteiger partial charge in [0.25, 0.3) is 0 Å². The van der Waals surface area contributed by atoms with Gasteiger partial charge in [0.1, 0.15) is 18.1 Å². The highest BCUT2D eigenvalue weighted by molar-refractivity contribution is 5.73. The second-order valence-electron chi connectivity index (χ2n) is 5.36. The Bertz CT molecular complexity index is 659. The molecule has 2 N–H and O–H groups in total. The molecule has 128 valence electrons. The molecule has 0 fully saturated rings. The number of carbonyl (C=O) groups is 1. The Morgan fingerprint density at radius 2 is 1.62 bits per heavy atom. The summed E-state index contributed by atoms with van der Waals surface area (Å²) in [6.07, 6.45) is 0.719. The van der Waals surface area contributed by atoms with Crippen LogP contribution in [0.25, 0.3) is 0 Å². The lowest BCUT2D eigenvalue weighted by Gasteiger charge is -2.11. The van der Waals surface area contributed by atoms with Crippen LogP contribution in [0.3, 0.4) is 0 Å². The van der Waals surface area contributed by atoms with Gasteiger partial charge in [-0.2, -0.15) is 0 Å². The first-order valence-electron chi connectivity index (χ1n) is 8.02. The van der Waals surface area contributed by atoms with Crippen molar-refractivity contribution < 1.29 is 14.3 Å². The Morgan fingerprint density at radius 1 is 0.958 bits per heavy atom. The Balaban J connectivity index is 1.62. The summed E-state index contributed by atoms with van der Waals surface area (Å²) in [4.78, 5) is 11.8. The largest absolute Gasteiger partial charge is 0.496 e. The van der Waals surface area contributed by atoms with Crippen LogP contribution in [0.15, 0.2) is 48.5 Å². The van der Waals surface area contributed by atoms with Crippen molar-refractivity contribution in [1.29, 1.82) is 0 Å². The fourth-order valence-corrected chi connectivity index (χ4v) is 2.33. The molecule has 5 heteroatoms. The van der Waals surface area contributed by atoms with E-state index in [1.165, 1.54) is 0 Å². The van der Waals surface area contributed by atoms with Gasteiger partial charge in [-0.15, -0.1) is 0 Å². The van der Waals surface area contributed by atoms with E-state index in [-0.39, 0.29) is 6.03 Å². The van der Waals surface area contributed by atoms with Gasteiger partial charge in [-0.25, -0.2) is 4.79 Å². The highest BCUT2D eigenvalue weighted by Crippen LogP contribution is 2.17. The minimum Gasteiger partial charge on any atom is -0.496 e. The summed E-state index contributed by atoms with van der Waals surface area (Å²) in [6.45, 7) is 3.43. The Labute approximate surface area is 143 Å². The number of benzene rings is 2. The molecule has 0 aliphatic rings. The molecule has 2 aromatic rings. The van der Waals surface area contributed by atoms with Crippen LogP contribution in [0.4, 0.5) is 4.79 Å². The van der Waals surface area contributed by atoms with Gasteiger partial charge in [-0.05, 0) is 36.6 Å². The monoisotopic (exact) mass is 328 g/mol. The predicted octanol–water partition coefficient (Wildman–Crippen LogP) is 2.92. The second kappa shape index (κ2) is 9.45. The average Bonchev–Trinajstić information content (AvgIpc) is 2.60. The third-order valence-electron chi connectivity index (χ3n) is 3.61. The number of amides is 2. The first kappa shape index (κ1) is 17.7. The molecule has 0 aliphatic heterocycles. The number of methoxy groups -OCH3 is 1. The summed E-state index contributed by atoms with van der Waals surface area (Å²) in [5.41, 5.74) is 2.15. The van der Waals surface area contributed by atoms with Crippen LogP contribution >= 0.6 is 0 Å². The number of carbonyl (C=O) groups excluding carboxylic acids is 1. The fourth-order valence-electron chi connectivity index (χ4n) is 2.33.